The first-order valence-electron chi connectivity index (χ1n) is 10.8. The fraction of sp³-hybridized carbons (Fsp3) is 0.333. The summed E-state index contributed by atoms with van der Waals surface area (Å²) in [6.07, 6.45) is 5.27. The summed E-state index contributed by atoms with van der Waals surface area (Å²) < 4.78 is 7.17. The number of hydrogen-bond acceptors (Lipinski definition) is 5. The van der Waals surface area contributed by atoms with Gasteiger partial charge in [0.25, 0.3) is 11.5 Å². The second-order valence-electron chi connectivity index (χ2n) is 8.40. The summed E-state index contributed by atoms with van der Waals surface area (Å²) in [6, 6.07) is 11.0. The summed E-state index contributed by atoms with van der Waals surface area (Å²) in [5.41, 5.74) is 1.71. The van der Waals surface area contributed by atoms with Gasteiger partial charge in [0, 0.05) is 24.3 Å². The molecule has 1 aromatic carbocycles. The van der Waals surface area contributed by atoms with Crippen molar-refractivity contribution in [2.45, 2.75) is 38.6 Å². The minimum atomic E-state index is -0.118. The van der Waals surface area contributed by atoms with Gasteiger partial charge in [-0.3, -0.25) is 9.59 Å². The highest BCUT2D eigenvalue weighted by atomic mass is 35.5. The van der Waals surface area contributed by atoms with Crippen molar-refractivity contribution in [2.24, 2.45) is 5.92 Å². The molecule has 5 rings (SSSR count). The first kappa shape index (κ1) is 20.7. The predicted octanol–water partition coefficient (Wildman–Crippen LogP) is 4.66. The topological polar surface area (TPSA) is 90.0 Å². The number of carbonyl (C=O) groups excluding carboxylic acids is 1. The van der Waals surface area contributed by atoms with Crippen LogP contribution in [0.4, 0.5) is 0 Å². The number of carbonyl (C=O) groups is 1. The molecule has 1 amide bonds. The highest BCUT2D eigenvalue weighted by Gasteiger charge is 2.28. The lowest BCUT2D eigenvalue weighted by Crippen LogP contribution is -2.34. The number of aryl methyl sites for hydroxylation is 1. The van der Waals surface area contributed by atoms with Gasteiger partial charge in [0.05, 0.1) is 10.9 Å². The standard InChI is InChI=1S/C24H23ClN4O3/c1-14-19-21(28-32-14)20-18(10-11-26-22(20)25)29(24(19)31)17-9-5-6-15(12-17)13-27-23(30)16-7-3-2-4-8-16/h2-4,7-8,10-11,15,17H,5-6,9,12-13H2,1H3,(H,27,30). The molecule has 2 atom stereocenters. The number of rotatable bonds is 4. The van der Waals surface area contributed by atoms with Gasteiger partial charge in [0.2, 0.25) is 0 Å². The molecular weight excluding hydrogens is 428 g/mol. The van der Waals surface area contributed by atoms with Gasteiger partial charge in [0.15, 0.2) is 0 Å². The second kappa shape index (κ2) is 8.39. The third kappa shape index (κ3) is 3.56. The molecule has 0 spiro atoms. The van der Waals surface area contributed by atoms with E-state index in [4.69, 9.17) is 16.1 Å². The average molecular weight is 451 g/mol. The number of pyridine rings is 2. The first-order chi connectivity index (χ1) is 15.5. The summed E-state index contributed by atoms with van der Waals surface area (Å²) in [5.74, 6) is 0.678. The van der Waals surface area contributed by atoms with Crippen LogP contribution < -0.4 is 10.9 Å². The van der Waals surface area contributed by atoms with Crippen LogP contribution in [-0.4, -0.2) is 27.2 Å². The largest absolute Gasteiger partial charge is 0.360 e. The summed E-state index contributed by atoms with van der Waals surface area (Å²) in [4.78, 5) is 30.2. The molecule has 164 valence electrons. The minimum Gasteiger partial charge on any atom is -0.360 e. The highest BCUT2D eigenvalue weighted by molar-refractivity contribution is 6.36. The van der Waals surface area contributed by atoms with E-state index < -0.39 is 0 Å². The Morgan fingerprint density at radius 2 is 2.03 bits per heavy atom. The number of amides is 1. The Balaban J connectivity index is 1.46. The zero-order chi connectivity index (χ0) is 22.2. The van der Waals surface area contributed by atoms with Gasteiger partial charge in [-0.1, -0.05) is 41.4 Å². The molecule has 1 N–H and O–H groups in total. The first-order valence-corrected chi connectivity index (χ1v) is 11.2. The average Bonchev–Trinajstić information content (AvgIpc) is 3.20. The molecule has 8 heteroatoms. The van der Waals surface area contributed by atoms with Crippen LogP contribution in [-0.2, 0) is 0 Å². The van der Waals surface area contributed by atoms with Crippen molar-refractivity contribution in [1.29, 1.82) is 0 Å². The number of halogens is 1. The maximum Gasteiger partial charge on any atom is 0.264 e. The van der Waals surface area contributed by atoms with Gasteiger partial charge < -0.3 is 14.4 Å². The van der Waals surface area contributed by atoms with Gasteiger partial charge in [-0.2, -0.15) is 0 Å². The van der Waals surface area contributed by atoms with E-state index in [9.17, 15) is 9.59 Å². The van der Waals surface area contributed by atoms with E-state index in [0.29, 0.717) is 39.3 Å². The molecule has 0 radical (unpaired) electrons. The van der Waals surface area contributed by atoms with E-state index >= 15 is 0 Å². The number of aromatic nitrogens is 3. The quantitative estimate of drug-likeness (QED) is 0.456. The summed E-state index contributed by atoms with van der Waals surface area (Å²) >= 11 is 6.42. The fourth-order valence-corrected chi connectivity index (χ4v) is 5.09. The zero-order valence-corrected chi connectivity index (χ0v) is 18.4. The van der Waals surface area contributed by atoms with Gasteiger partial charge in [-0.05, 0) is 50.3 Å². The van der Waals surface area contributed by atoms with Crippen LogP contribution in [0.1, 0.15) is 47.8 Å². The molecule has 0 saturated heterocycles. The molecule has 32 heavy (non-hydrogen) atoms. The Morgan fingerprint density at radius 1 is 1.22 bits per heavy atom. The highest BCUT2D eigenvalue weighted by Crippen LogP contribution is 2.36. The van der Waals surface area contributed by atoms with Crippen LogP contribution >= 0.6 is 11.6 Å². The Morgan fingerprint density at radius 3 is 2.84 bits per heavy atom. The zero-order valence-electron chi connectivity index (χ0n) is 17.7. The van der Waals surface area contributed by atoms with E-state index in [0.717, 1.165) is 31.2 Å². The third-order valence-corrected chi connectivity index (χ3v) is 6.67. The molecular formula is C24H23ClN4O3. The number of fused-ring (bicyclic) bond motifs is 3. The van der Waals surface area contributed by atoms with Crippen molar-refractivity contribution >= 4 is 39.3 Å². The second-order valence-corrected chi connectivity index (χ2v) is 8.75. The number of hydrogen-bond donors (Lipinski definition) is 1. The molecule has 7 nitrogen and oxygen atoms in total. The van der Waals surface area contributed by atoms with Crippen LogP contribution in [0.5, 0.6) is 0 Å². The van der Waals surface area contributed by atoms with Crippen molar-refractivity contribution < 1.29 is 9.32 Å². The SMILES string of the molecule is Cc1onc2c1c(=O)n(C1CCCC(CNC(=O)c3ccccc3)C1)c1ccnc(Cl)c21. The maximum atomic E-state index is 13.5. The maximum absolute atomic E-state index is 13.5. The number of nitrogens with one attached hydrogen (secondary N) is 1. The third-order valence-electron chi connectivity index (χ3n) is 6.38. The number of benzene rings is 1. The van der Waals surface area contributed by atoms with E-state index in [2.05, 4.69) is 15.5 Å². The Labute approximate surface area is 189 Å². The van der Waals surface area contributed by atoms with E-state index in [1.807, 2.05) is 28.8 Å². The van der Waals surface area contributed by atoms with Crippen molar-refractivity contribution in [1.82, 2.24) is 20.0 Å². The Bertz CT molecular complexity index is 1360. The van der Waals surface area contributed by atoms with E-state index in [1.165, 1.54) is 0 Å². The molecule has 3 heterocycles. The fourth-order valence-electron chi connectivity index (χ4n) is 4.84. The minimum absolute atomic E-state index is 0.00505. The summed E-state index contributed by atoms with van der Waals surface area (Å²) in [7, 11) is 0. The van der Waals surface area contributed by atoms with E-state index in [1.54, 1.807) is 25.3 Å². The lowest BCUT2D eigenvalue weighted by molar-refractivity contribution is 0.0940. The van der Waals surface area contributed by atoms with E-state index in [-0.39, 0.29) is 23.4 Å². The number of nitrogens with zero attached hydrogens (tertiary/aromatic N) is 3. The molecule has 2 unspecified atom stereocenters. The lowest BCUT2D eigenvalue weighted by Gasteiger charge is -2.31. The van der Waals surface area contributed by atoms with Gasteiger partial charge in [-0.25, -0.2) is 4.98 Å². The molecule has 4 aromatic rings. The molecule has 3 aromatic heterocycles. The van der Waals surface area contributed by atoms with Gasteiger partial charge in [-0.15, -0.1) is 0 Å². The molecule has 0 bridgehead atoms. The monoisotopic (exact) mass is 450 g/mol. The predicted molar refractivity (Wildman–Crippen MR) is 123 cm³/mol. The van der Waals surface area contributed by atoms with Crippen LogP contribution in [0.15, 0.2) is 51.9 Å². The van der Waals surface area contributed by atoms with Crippen LogP contribution in [0.25, 0.3) is 21.8 Å². The molecule has 1 saturated carbocycles. The smallest absolute Gasteiger partial charge is 0.264 e. The summed E-state index contributed by atoms with van der Waals surface area (Å²) in [5, 5.41) is 8.53. The van der Waals surface area contributed by atoms with Gasteiger partial charge >= 0.3 is 0 Å². The molecule has 1 aliphatic carbocycles. The molecule has 0 aliphatic heterocycles. The van der Waals surface area contributed by atoms with Gasteiger partial charge in [0.1, 0.15) is 21.8 Å². The van der Waals surface area contributed by atoms with Crippen molar-refractivity contribution in [3.05, 3.63) is 69.4 Å². The Hall–Kier alpha value is -3.19. The van der Waals surface area contributed by atoms with Crippen molar-refractivity contribution in [2.75, 3.05) is 6.54 Å². The lowest BCUT2D eigenvalue weighted by atomic mass is 9.85. The normalized spacial score (nSPS) is 18.8. The van der Waals surface area contributed by atoms with Crippen LogP contribution in [0, 0.1) is 12.8 Å². The van der Waals surface area contributed by atoms with Crippen LogP contribution in [0.3, 0.4) is 0 Å². The molecule has 1 aliphatic rings. The van der Waals surface area contributed by atoms with Crippen molar-refractivity contribution in [3.63, 3.8) is 0 Å². The Kier molecular flexibility index (Phi) is 5.43. The van der Waals surface area contributed by atoms with Crippen LogP contribution in [0.2, 0.25) is 5.15 Å². The van der Waals surface area contributed by atoms with Crippen molar-refractivity contribution in [3.8, 4) is 0 Å². The summed E-state index contributed by atoms with van der Waals surface area (Å²) in [6.45, 7) is 2.31. The molecule has 1 fully saturated rings.